The molecule has 0 aliphatic rings. The number of aliphatic hydroxyl groups excluding tert-OH is 1. The van der Waals surface area contributed by atoms with Crippen LogP contribution in [0.15, 0.2) is 53.1 Å². The van der Waals surface area contributed by atoms with Gasteiger partial charge in [-0.1, -0.05) is 22.0 Å². The number of ether oxygens (including phenoxy) is 2. The molecule has 0 fully saturated rings. The van der Waals surface area contributed by atoms with Crippen molar-refractivity contribution in [2.45, 2.75) is 32.4 Å². The Kier molecular flexibility index (Phi) is 7.98. The van der Waals surface area contributed by atoms with Crippen LogP contribution in [0, 0.1) is 0 Å². The van der Waals surface area contributed by atoms with Gasteiger partial charge < -0.3 is 24.5 Å². The predicted molar refractivity (Wildman–Crippen MR) is 121 cm³/mol. The van der Waals surface area contributed by atoms with E-state index < -0.39 is 0 Å². The standard InChI is InChI=1S/C23H29BrN2O3/c1-17(25-9-13-29-22-7-5-20(24)16-23(22)28-2)14-18-4-6-21-19(15-18)8-11-26(21)10-3-12-27/h4-8,11,15-17,25,27H,3,9-10,12-14H2,1-2H3/t17-/m1/s1. The van der Waals surface area contributed by atoms with Gasteiger partial charge in [-0.15, -0.1) is 0 Å². The number of aliphatic hydroxyl groups is 1. The SMILES string of the molecule is COc1cc(Br)ccc1OCCN[C@H](C)Cc1ccc2c(ccn2CCCO)c1. The molecule has 3 rings (SSSR count). The second kappa shape index (κ2) is 10.7. The van der Waals surface area contributed by atoms with Crippen molar-refractivity contribution in [2.75, 3.05) is 26.9 Å². The Morgan fingerprint density at radius 2 is 2.00 bits per heavy atom. The fourth-order valence-electron chi connectivity index (χ4n) is 3.47. The number of hydrogen-bond acceptors (Lipinski definition) is 4. The lowest BCUT2D eigenvalue weighted by Crippen LogP contribution is -2.31. The summed E-state index contributed by atoms with van der Waals surface area (Å²) in [6, 6.07) is 14.9. The van der Waals surface area contributed by atoms with Crippen molar-refractivity contribution in [1.82, 2.24) is 9.88 Å². The summed E-state index contributed by atoms with van der Waals surface area (Å²) in [5.41, 5.74) is 2.53. The van der Waals surface area contributed by atoms with Crippen LogP contribution in [0.1, 0.15) is 18.9 Å². The van der Waals surface area contributed by atoms with Crippen molar-refractivity contribution < 1.29 is 14.6 Å². The largest absolute Gasteiger partial charge is 0.493 e. The minimum atomic E-state index is 0.221. The lowest BCUT2D eigenvalue weighted by molar-refractivity contribution is 0.280. The van der Waals surface area contributed by atoms with E-state index in [9.17, 15) is 0 Å². The molecule has 0 spiro atoms. The van der Waals surface area contributed by atoms with Crippen LogP contribution in [0.2, 0.25) is 0 Å². The van der Waals surface area contributed by atoms with Crippen LogP contribution in [0.5, 0.6) is 11.5 Å². The fourth-order valence-corrected chi connectivity index (χ4v) is 3.81. The van der Waals surface area contributed by atoms with E-state index in [1.54, 1.807) is 7.11 Å². The van der Waals surface area contributed by atoms with E-state index in [4.69, 9.17) is 14.6 Å². The van der Waals surface area contributed by atoms with Crippen molar-refractivity contribution in [3.63, 3.8) is 0 Å². The Hall–Kier alpha value is -2.02. The van der Waals surface area contributed by atoms with E-state index in [1.165, 1.54) is 16.5 Å². The quantitative estimate of drug-likeness (QED) is 0.416. The summed E-state index contributed by atoms with van der Waals surface area (Å²) in [5.74, 6) is 1.48. The molecule has 156 valence electrons. The van der Waals surface area contributed by atoms with Crippen molar-refractivity contribution in [3.05, 3.63) is 58.7 Å². The number of methoxy groups -OCH3 is 1. The van der Waals surface area contributed by atoms with E-state index in [0.29, 0.717) is 12.6 Å². The number of aryl methyl sites for hydroxylation is 1. The summed E-state index contributed by atoms with van der Waals surface area (Å²) in [6.45, 7) is 4.60. The Morgan fingerprint density at radius 3 is 2.79 bits per heavy atom. The van der Waals surface area contributed by atoms with Gasteiger partial charge in [-0.05, 0) is 67.1 Å². The first-order valence-electron chi connectivity index (χ1n) is 9.99. The van der Waals surface area contributed by atoms with Crippen LogP contribution in [-0.2, 0) is 13.0 Å². The molecule has 0 saturated heterocycles. The summed E-state index contributed by atoms with van der Waals surface area (Å²) in [5, 5.41) is 13.8. The Balaban J connectivity index is 1.47. The van der Waals surface area contributed by atoms with Crippen molar-refractivity contribution in [1.29, 1.82) is 0 Å². The Labute approximate surface area is 180 Å². The zero-order valence-corrected chi connectivity index (χ0v) is 18.6. The summed E-state index contributed by atoms with van der Waals surface area (Å²) in [6.07, 6.45) is 3.83. The third kappa shape index (κ3) is 5.98. The molecule has 29 heavy (non-hydrogen) atoms. The van der Waals surface area contributed by atoms with Gasteiger partial charge >= 0.3 is 0 Å². The van der Waals surface area contributed by atoms with Crippen molar-refractivity contribution in [2.24, 2.45) is 0 Å². The summed E-state index contributed by atoms with van der Waals surface area (Å²) < 4.78 is 14.4. The van der Waals surface area contributed by atoms with E-state index in [-0.39, 0.29) is 6.61 Å². The molecule has 0 bridgehead atoms. The highest BCUT2D eigenvalue weighted by Crippen LogP contribution is 2.30. The number of fused-ring (bicyclic) bond motifs is 1. The normalized spacial score (nSPS) is 12.3. The van der Waals surface area contributed by atoms with E-state index in [2.05, 4.69) is 63.2 Å². The summed E-state index contributed by atoms with van der Waals surface area (Å²) >= 11 is 3.44. The number of benzene rings is 2. The molecule has 0 radical (unpaired) electrons. The van der Waals surface area contributed by atoms with Gasteiger partial charge in [0.05, 0.1) is 7.11 Å². The molecule has 2 N–H and O–H groups in total. The highest BCUT2D eigenvalue weighted by Gasteiger charge is 2.08. The number of rotatable bonds is 11. The van der Waals surface area contributed by atoms with Gasteiger partial charge in [0.25, 0.3) is 0 Å². The fraction of sp³-hybridized carbons (Fsp3) is 0.391. The lowest BCUT2D eigenvalue weighted by atomic mass is 10.1. The topological polar surface area (TPSA) is 55.7 Å². The molecule has 0 aliphatic carbocycles. The smallest absolute Gasteiger partial charge is 0.161 e. The third-order valence-corrected chi connectivity index (χ3v) is 5.41. The zero-order valence-electron chi connectivity index (χ0n) is 17.0. The number of aromatic nitrogens is 1. The van der Waals surface area contributed by atoms with Crippen LogP contribution in [0.4, 0.5) is 0 Å². The molecule has 2 aromatic carbocycles. The first kappa shape index (κ1) is 21.7. The molecule has 6 heteroatoms. The summed E-state index contributed by atoms with van der Waals surface area (Å²) in [4.78, 5) is 0. The molecule has 1 aromatic heterocycles. The molecular formula is C23H29BrN2O3. The molecule has 0 saturated carbocycles. The van der Waals surface area contributed by atoms with E-state index in [0.717, 1.165) is 41.9 Å². The average Bonchev–Trinajstić information content (AvgIpc) is 3.12. The number of halogens is 1. The van der Waals surface area contributed by atoms with Crippen LogP contribution in [-0.4, -0.2) is 42.6 Å². The maximum Gasteiger partial charge on any atom is 0.161 e. The highest BCUT2D eigenvalue weighted by molar-refractivity contribution is 9.10. The number of nitrogens with one attached hydrogen (secondary N) is 1. The first-order chi connectivity index (χ1) is 14.1. The van der Waals surface area contributed by atoms with Crippen LogP contribution >= 0.6 is 15.9 Å². The molecular weight excluding hydrogens is 432 g/mol. The molecule has 0 amide bonds. The van der Waals surface area contributed by atoms with Gasteiger partial charge in [0.1, 0.15) is 6.61 Å². The Bertz CT molecular complexity index is 926. The average molecular weight is 461 g/mol. The van der Waals surface area contributed by atoms with Gasteiger partial charge in [0.15, 0.2) is 11.5 Å². The molecule has 3 aromatic rings. The maximum absolute atomic E-state index is 9.03. The molecule has 0 aliphatic heterocycles. The first-order valence-corrected chi connectivity index (χ1v) is 10.8. The second-order valence-electron chi connectivity index (χ2n) is 7.18. The second-order valence-corrected chi connectivity index (χ2v) is 8.10. The minimum absolute atomic E-state index is 0.221. The van der Waals surface area contributed by atoms with Gasteiger partial charge in [-0.2, -0.15) is 0 Å². The van der Waals surface area contributed by atoms with Gasteiger partial charge in [0, 0.05) is 41.9 Å². The molecule has 1 heterocycles. The highest BCUT2D eigenvalue weighted by atomic mass is 79.9. The van der Waals surface area contributed by atoms with E-state index in [1.807, 2.05) is 18.2 Å². The predicted octanol–water partition coefficient (Wildman–Crippen LogP) is 4.39. The molecule has 1 atom stereocenters. The minimum Gasteiger partial charge on any atom is -0.493 e. The molecule has 0 unspecified atom stereocenters. The summed E-state index contributed by atoms with van der Waals surface area (Å²) in [7, 11) is 1.65. The van der Waals surface area contributed by atoms with Crippen LogP contribution in [0.3, 0.4) is 0 Å². The number of nitrogens with zero attached hydrogens (tertiary/aromatic N) is 1. The van der Waals surface area contributed by atoms with Crippen molar-refractivity contribution >= 4 is 26.8 Å². The van der Waals surface area contributed by atoms with Gasteiger partial charge in [0.2, 0.25) is 0 Å². The Morgan fingerprint density at radius 1 is 1.14 bits per heavy atom. The van der Waals surface area contributed by atoms with Crippen LogP contribution < -0.4 is 14.8 Å². The van der Waals surface area contributed by atoms with Gasteiger partial charge in [-0.25, -0.2) is 0 Å². The molecule has 5 nitrogen and oxygen atoms in total. The monoisotopic (exact) mass is 460 g/mol. The van der Waals surface area contributed by atoms with Crippen LogP contribution in [0.25, 0.3) is 10.9 Å². The van der Waals surface area contributed by atoms with E-state index >= 15 is 0 Å². The van der Waals surface area contributed by atoms with Gasteiger partial charge in [-0.3, -0.25) is 0 Å². The third-order valence-electron chi connectivity index (χ3n) is 4.91. The number of hydrogen-bond donors (Lipinski definition) is 2. The van der Waals surface area contributed by atoms with Crippen molar-refractivity contribution in [3.8, 4) is 11.5 Å². The lowest BCUT2D eigenvalue weighted by Gasteiger charge is -2.15. The maximum atomic E-state index is 9.03. The zero-order chi connectivity index (χ0) is 20.6.